The molecule has 31 heavy (non-hydrogen) atoms. The van der Waals surface area contributed by atoms with Crippen LogP contribution in [0.15, 0.2) is 41.6 Å². The number of hydrogen-bond donors (Lipinski definition) is 1. The zero-order valence-corrected chi connectivity index (χ0v) is 18.4. The van der Waals surface area contributed by atoms with Gasteiger partial charge in [-0.3, -0.25) is 4.79 Å². The van der Waals surface area contributed by atoms with Crippen LogP contribution in [0.3, 0.4) is 0 Å². The molecule has 0 saturated heterocycles. The molecule has 1 heterocycles. The molecule has 164 valence electrons. The summed E-state index contributed by atoms with van der Waals surface area (Å²) in [7, 11) is 3.20. The zero-order chi connectivity index (χ0) is 22.5. The highest BCUT2D eigenvalue weighted by Gasteiger charge is 2.20. The normalized spacial score (nSPS) is 11.8. The van der Waals surface area contributed by atoms with Crippen LogP contribution in [0.4, 0.5) is 14.5 Å². The predicted molar refractivity (Wildman–Crippen MR) is 114 cm³/mol. The molecule has 0 saturated carbocycles. The average molecular weight is 469 g/mol. The van der Waals surface area contributed by atoms with Crippen LogP contribution in [0.25, 0.3) is 0 Å². The molecular weight excluding hydrogens is 450 g/mol. The second kappa shape index (κ2) is 9.97. The summed E-state index contributed by atoms with van der Waals surface area (Å²) >= 11 is 7.14. The lowest BCUT2D eigenvalue weighted by Crippen LogP contribution is -2.15. The Hall–Kier alpha value is -2.85. The van der Waals surface area contributed by atoms with Crippen molar-refractivity contribution < 1.29 is 23.0 Å². The largest absolute Gasteiger partial charge is 0.495 e. The Bertz CT molecular complexity index is 1100. The first kappa shape index (κ1) is 22.8. The van der Waals surface area contributed by atoms with Gasteiger partial charge in [0.15, 0.2) is 28.7 Å². The van der Waals surface area contributed by atoms with Crippen molar-refractivity contribution in [3.05, 3.63) is 58.9 Å². The Morgan fingerprint density at radius 2 is 1.97 bits per heavy atom. The fraction of sp³-hybridized carbons (Fsp3) is 0.250. The summed E-state index contributed by atoms with van der Waals surface area (Å²) in [4.78, 5) is 12.3. The number of anilines is 1. The van der Waals surface area contributed by atoms with Gasteiger partial charge in [-0.25, -0.2) is 8.78 Å². The van der Waals surface area contributed by atoms with Crippen molar-refractivity contribution in [2.75, 3.05) is 18.2 Å². The number of ether oxygens (including phenoxy) is 2. The van der Waals surface area contributed by atoms with E-state index in [1.165, 1.54) is 24.9 Å². The number of methoxy groups -OCH3 is 1. The minimum atomic E-state index is -0.809. The fourth-order valence-electron chi connectivity index (χ4n) is 2.71. The lowest BCUT2D eigenvalue weighted by atomic mass is 10.3. The maximum absolute atomic E-state index is 13.8. The molecule has 1 unspecified atom stereocenters. The SMILES string of the molecule is COc1ccc(Cl)cc1NC(=O)CSc1nnc(C(C)Oc2ccc(F)cc2F)n1C. The van der Waals surface area contributed by atoms with Crippen LogP contribution in [-0.2, 0) is 11.8 Å². The Balaban J connectivity index is 1.62. The molecule has 2 aromatic carbocycles. The summed E-state index contributed by atoms with van der Waals surface area (Å²) in [6.07, 6.45) is -0.656. The number of benzene rings is 2. The molecule has 1 atom stereocenters. The highest BCUT2D eigenvalue weighted by molar-refractivity contribution is 7.99. The molecule has 0 fully saturated rings. The van der Waals surface area contributed by atoms with Crippen molar-refractivity contribution in [2.24, 2.45) is 7.05 Å². The van der Waals surface area contributed by atoms with Crippen LogP contribution in [0.2, 0.25) is 5.02 Å². The lowest BCUT2D eigenvalue weighted by Gasteiger charge is -2.14. The number of nitrogens with one attached hydrogen (secondary N) is 1. The van der Waals surface area contributed by atoms with Crippen molar-refractivity contribution in [2.45, 2.75) is 18.2 Å². The van der Waals surface area contributed by atoms with Crippen molar-refractivity contribution in [3.63, 3.8) is 0 Å². The van der Waals surface area contributed by atoms with Crippen LogP contribution in [0, 0.1) is 11.6 Å². The van der Waals surface area contributed by atoms with Crippen molar-refractivity contribution in [3.8, 4) is 11.5 Å². The van der Waals surface area contributed by atoms with Crippen LogP contribution in [0.1, 0.15) is 18.9 Å². The molecule has 11 heteroatoms. The van der Waals surface area contributed by atoms with E-state index < -0.39 is 17.7 Å². The quantitative estimate of drug-likeness (QED) is 0.486. The van der Waals surface area contributed by atoms with Gasteiger partial charge in [0.1, 0.15) is 11.6 Å². The van der Waals surface area contributed by atoms with Crippen LogP contribution in [0.5, 0.6) is 11.5 Å². The summed E-state index contributed by atoms with van der Waals surface area (Å²) in [5.41, 5.74) is 0.461. The molecule has 3 aromatic rings. The van der Waals surface area contributed by atoms with Crippen molar-refractivity contribution >= 4 is 35.0 Å². The summed E-state index contributed by atoms with van der Waals surface area (Å²) < 4.78 is 39.3. The number of amides is 1. The first-order valence-corrected chi connectivity index (χ1v) is 10.4. The number of hydrogen-bond acceptors (Lipinski definition) is 6. The van der Waals surface area contributed by atoms with E-state index in [4.69, 9.17) is 21.1 Å². The summed E-state index contributed by atoms with van der Waals surface area (Å²) in [5, 5.41) is 11.8. The van der Waals surface area contributed by atoms with Crippen molar-refractivity contribution in [1.82, 2.24) is 14.8 Å². The molecular formula is C20H19ClF2N4O3S. The minimum absolute atomic E-state index is 0.0590. The molecule has 0 spiro atoms. The standard InChI is InChI=1S/C20H19ClF2N4O3S/c1-11(30-16-7-5-13(22)9-14(16)23)19-25-26-20(27(19)2)31-10-18(28)24-15-8-12(21)4-6-17(15)29-3/h4-9,11H,10H2,1-3H3,(H,24,28). The van der Waals surface area contributed by atoms with Crippen molar-refractivity contribution in [1.29, 1.82) is 0 Å². The summed E-state index contributed by atoms with van der Waals surface area (Å²) in [6.45, 7) is 1.67. The van der Waals surface area contributed by atoms with Gasteiger partial charge in [-0.05, 0) is 37.3 Å². The van der Waals surface area contributed by atoms with Gasteiger partial charge >= 0.3 is 0 Å². The van der Waals surface area contributed by atoms with Gasteiger partial charge in [0, 0.05) is 18.1 Å². The van der Waals surface area contributed by atoms with Gasteiger partial charge in [0.2, 0.25) is 5.91 Å². The Morgan fingerprint density at radius 1 is 1.23 bits per heavy atom. The monoisotopic (exact) mass is 468 g/mol. The third kappa shape index (κ3) is 5.65. The highest BCUT2D eigenvalue weighted by Crippen LogP contribution is 2.29. The molecule has 7 nitrogen and oxygen atoms in total. The smallest absolute Gasteiger partial charge is 0.234 e. The molecule has 1 amide bonds. The van der Waals surface area contributed by atoms with Crippen LogP contribution in [-0.4, -0.2) is 33.5 Å². The highest BCUT2D eigenvalue weighted by atomic mass is 35.5. The van der Waals surface area contributed by atoms with E-state index in [0.717, 1.165) is 12.1 Å². The predicted octanol–water partition coefficient (Wildman–Crippen LogP) is 4.63. The number of carbonyl (C=O) groups excluding carboxylic acids is 1. The summed E-state index contributed by atoms with van der Waals surface area (Å²) in [6, 6.07) is 7.97. The van der Waals surface area contributed by atoms with E-state index in [0.29, 0.717) is 27.4 Å². The van der Waals surface area contributed by atoms with E-state index in [9.17, 15) is 13.6 Å². The van der Waals surface area contributed by atoms with E-state index in [1.807, 2.05) is 0 Å². The topological polar surface area (TPSA) is 78.3 Å². The number of nitrogens with zero attached hydrogens (tertiary/aromatic N) is 3. The molecule has 1 N–H and O–H groups in total. The second-order valence-electron chi connectivity index (χ2n) is 6.42. The van der Waals surface area contributed by atoms with Crippen LogP contribution < -0.4 is 14.8 Å². The maximum atomic E-state index is 13.8. The Morgan fingerprint density at radius 3 is 2.68 bits per heavy atom. The van der Waals surface area contributed by atoms with Gasteiger partial charge in [0.05, 0.1) is 18.6 Å². The van der Waals surface area contributed by atoms with Gasteiger partial charge < -0.3 is 19.4 Å². The fourth-order valence-corrected chi connectivity index (χ4v) is 3.60. The number of aromatic nitrogens is 3. The minimum Gasteiger partial charge on any atom is -0.495 e. The number of rotatable bonds is 8. The zero-order valence-electron chi connectivity index (χ0n) is 16.9. The molecule has 0 radical (unpaired) electrons. The van der Waals surface area contributed by atoms with E-state index in [-0.39, 0.29) is 17.4 Å². The molecule has 1 aromatic heterocycles. The molecule has 0 bridgehead atoms. The Labute approximate surface area is 186 Å². The molecule has 0 aliphatic rings. The van der Waals surface area contributed by atoms with Gasteiger partial charge in [-0.1, -0.05) is 23.4 Å². The van der Waals surface area contributed by atoms with Gasteiger partial charge in [-0.15, -0.1) is 10.2 Å². The number of thioether (sulfide) groups is 1. The van der Waals surface area contributed by atoms with E-state index in [2.05, 4.69) is 15.5 Å². The second-order valence-corrected chi connectivity index (χ2v) is 7.80. The number of carbonyl (C=O) groups is 1. The third-order valence-electron chi connectivity index (χ3n) is 4.20. The lowest BCUT2D eigenvalue weighted by molar-refractivity contribution is -0.113. The molecule has 3 rings (SSSR count). The molecule has 0 aliphatic carbocycles. The molecule has 0 aliphatic heterocycles. The average Bonchev–Trinajstić information content (AvgIpc) is 3.09. The first-order chi connectivity index (χ1) is 14.8. The first-order valence-electron chi connectivity index (χ1n) is 9.05. The van der Waals surface area contributed by atoms with Crippen LogP contribution >= 0.6 is 23.4 Å². The van der Waals surface area contributed by atoms with E-state index >= 15 is 0 Å². The van der Waals surface area contributed by atoms with Gasteiger partial charge in [-0.2, -0.15) is 0 Å². The van der Waals surface area contributed by atoms with E-state index in [1.54, 1.807) is 36.7 Å². The summed E-state index contributed by atoms with van der Waals surface area (Å²) in [5.74, 6) is -0.913. The van der Waals surface area contributed by atoms with Gasteiger partial charge in [0.25, 0.3) is 0 Å². The Kier molecular flexibility index (Phi) is 7.34. The number of halogens is 3. The maximum Gasteiger partial charge on any atom is 0.234 e. The third-order valence-corrected chi connectivity index (χ3v) is 5.45.